The first-order chi connectivity index (χ1) is 11.1. The van der Waals surface area contributed by atoms with Crippen LogP contribution in [0, 0.1) is 28.6 Å². The Morgan fingerprint density at radius 3 is 2.54 bits per heavy atom. The van der Waals surface area contributed by atoms with Crippen molar-refractivity contribution in [2.24, 2.45) is 28.6 Å². The summed E-state index contributed by atoms with van der Waals surface area (Å²) in [5.74, 6) is 0.901. The highest BCUT2D eigenvalue weighted by Crippen LogP contribution is 2.60. The molecule has 0 spiro atoms. The summed E-state index contributed by atoms with van der Waals surface area (Å²) in [6, 6.07) is 0. The minimum absolute atomic E-state index is 0.0597. The van der Waals surface area contributed by atoms with Crippen molar-refractivity contribution in [1.82, 2.24) is 0 Å². The Labute approximate surface area is 147 Å². The number of hydrogen-bond donors (Lipinski definition) is 0. The molecule has 0 aromatic rings. The maximum atomic E-state index is 12.4. The molecule has 136 valence electrons. The Morgan fingerprint density at radius 1 is 1.29 bits per heavy atom. The minimum Gasteiger partial charge on any atom is -0.466 e. The summed E-state index contributed by atoms with van der Waals surface area (Å²) in [6.45, 7) is 10.8. The highest BCUT2D eigenvalue weighted by atomic mass is 16.5. The van der Waals surface area contributed by atoms with Crippen molar-refractivity contribution in [3.8, 4) is 0 Å². The highest BCUT2D eigenvalue weighted by Gasteiger charge is 2.53. The maximum absolute atomic E-state index is 12.4. The number of carbonyl (C=O) groups is 2. The number of allylic oxidation sites excluding steroid dienone is 1. The van der Waals surface area contributed by atoms with Gasteiger partial charge in [-0.15, -0.1) is 0 Å². The number of Topliss-reactive ketones (excluding diaryl/α,β-unsaturated/α-hetero) is 1. The van der Waals surface area contributed by atoms with Crippen LogP contribution < -0.4 is 0 Å². The van der Waals surface area contributed by atoms with Gasteiger partial charge in [0.15, 0.2) is 0 Å². The van der Waals surface area contributed by atoms with E-state index in [1.807, 2.05) is 6.92 Å². The van der Waals surface area contributed by atoms with Crippen molar-refractivity contribution < 1.29 is 14.3 Å². The van der Waals surface area contributed by atoms with Crippen molar-refractivity contribution in [3.63, 3.8) is 0 Å². The van der Waals surface area contributed by atoms with E-state index in [1.165, 1.54) is 20.0 Å². The molecule has 3 heteroatoms. The van der Waals surface area contributed by atoms with E-state index in [0.29, 0.717) is 11.3 Å². The molecule has 0 amide bonds. The van der Waals surface area contributed by atoms with Crippen LogP contribution >= 0.6 is 0 Å². The van der Waals surface area contributed by atoms with Gasteiger partial charge >= 0.3 is 5.97 Å². The van der Waals surface area contributed by atoms with E-state index in [1.54, 1.807) is 6.92 Å². The average Bonchev–Trinajstić information content (AvgIpc) is 2.50. The van der Waals surface area contributed by atoms with Gasteiger partial charge in [-0.25, -0.2) is 4.79 Å². The van der Waals surface area contributed by atoms with Crippen molar-refractivity contribution in [2.45, 2.75) is 73.1 Å². The van der Waals surface area contributed by atoms with E-state index < -0.39 is 0 Å². The van der Waals surface area contributed by atoms with E-state index in [2.05, 4.69) is 26.8 Å². The van der Waals surface area contributed by atoms with Gasteiger partial charge in [-0.1, -0.05) is 40.2 Å². The van der Waals surface area contributed by atoms with Crippen LogP contribution in [0.2, 0.25) is 0 Å². The van der Waals surface area contributed by atoms with Gasteiger partial charge in [0, 0.05) is 11.5 Å². The van der Waals surface area contributed by atoms with E-state index in [4.69, 9.17) is 4.74 Å². The first-order valence-electron chi connectivity index (χ1n) is 9.42. The van der Waals surface area contributed by atoms with Crippen LogP contribution in [-0.4, -0.2) is 18.9 Å². The molecule has 0 aromatic heterocycles. The Morgan fingerprint density at radius 2 is 1.96 bits per heavy atom. The predicted octanol–water partition coefficient (Wildman–Crippen LogP) is 4.94. The molecule has 24 heavy (non-hydrogen) atoms. The topological polar surface area (TPSA) is 43.4 Å². The lowest BCUT2D eigenvalue weighted by molar-refractivity contribution is -0.139. The molecule has 2 rings (SSSR count). The third-order valence-electron chi connectivity index (χ3n) is 7.02. The molecule has 0 aliphatic heterocycles. The fourth-order valence-electron chi connectivity index (χ4n) is 5.36. The third kappa shape index (κ3) is 3.45. The number of fused-ring (bicyclic) bond motifs is 1. The quantitative estimate of drug-likeness (QED) is 0.669. The number of carbonyl (C=O) groups excluding carboxylic acids is 2. The van der Waals surface area contributed by atoms with Gasteiger partial charge in [0.25, 0.3) is 0 Å². The molecular formula is C21H34O3. The number of methoxy groups -OCH3 is 1. The molecule has 4 atom stereocenters. The van der Waals surface area contributed by atoms with Gasteiger partial charge in [0.2, 0.25) is 0 Å². The van der Waals surface area contributed by atoms with Crippen LogP contribution in [0.1, 0.15) is 73.1 Å². The molecule has 0 radical (unpaired) electrons. The Hall–Kier alpha value is -1.12. The smallest absolute Gasteiger partial charge is 0.333 e. The van der Waals surface area contributed by atoms with Crippen LogP contribution in [0.5, 0.6) is 0 Å². The van der Waals surface area contributed by atoms with Gasteiger partial charge in [0.05, 0.1) is 7.11 Å². The third-order valence-corrected chi connectivity index (χ3v) is 7.02. The van der Waals surface area contributed by atoms with Gasteiger partial charge in [-0.05, 0) is 61.7 Å². The van der Waals surface area contributed by atoms with E-state index in [0.717, 1.165) is 31.3 Å². The van der Waals surface area contributed by atoms with Crippen molar-refractivity contribution >= 4 is 11.8 Å². The van der Waals surface area contributed by atoms with Gasteiger partial charge in [-0.3, -0.25) is 4.79 Å². The molecule has 1 saturated carbocycles. The summed E-state index contributed by atoms with van der Waals surface area (Å²) >= 11 is 0. The van der Waals surface area contributed by atoms with Crippen LogP contribution in [0.25, 0.3) is 0 Å². The molecule has 3 nitrogen and oxygen atoms in total. The zero-order valence-electron chi connectivity index (χ0n) is 16.3. The van der Waals surface area contributed by atoms with Gasteiger partial charge in [-0.2, -0.15) is 0 Å². The normalized spacial score (nSPS) is 33.2. The standard InChI is InChI=1S/C21H34O3/c1-14(15(2)22)8-10-17-16(19(23)24-6)9-11-18-20(3,4)12-7-13-21(17,18)5/h9,14,17-18H,7-8,10-13H2,1-6H3/t14-,17-,18-,21+/m0/s1. The molecule has 2 aliphatic carbocycles. The summed E-state index contributed by atoms with van der Waals surface area (Å²) < 4.78 is 5.08. The van der Waals surface area contributed by atoms with E-state index >= 15 is 0 Å². The lowest BCUT2D eigenvalue weighted by Crippen LogP contribution is -2.49. The van der Waals surface area contributed by atoms with Crippen LogP contribution in [0.4, 0.5) is 0 Å². The molecular weight excluding hydrogens is 300 g/mol. The van der Waals surface area contributed by atoms with Crippen molar-refractivity contribution in [1.29, 1.82) is 0 Å². The summed E-state index contributed by atoms with van der Waals surface area (Å²) in [7, 11) is 1.47. The zero-order valence-corrected chi connectivity index (χ0v) is 16.3. The second-order valence-electron chi connectivity index (χ2n) is 8.93. The Balaban J connectivity index is 2.34. The predicted molar refractivity (Wildman–Crippen MR) is 96.5 cm³/mol. The SMILES string of the molecule is COC(=O)C1=CC[C@H]2C(C)(C)CCC[C@]2(C)[C@H]1CC[C@H](C)C(C)=O. The molecule has 0 aromatic carbocycles. The molecule has 0 heterocycles. The zero-order chi connectivity index (χ0) is 18.1. The fourth-order valence-corrected chi connectivity index (χ4v) is 5.36. The van der Waals surface area contributed by atoms with Crippen molar-refractivity contribution in [2.75, 3.05) is 7.11 Å². The van der Waals surface area contributed by atoms with Gasteiger partial charge in [0.1, 0.15) is 5.78 Å². The molecule has 1 fully saturated rings. The average molecular weight is 335 g/mol. The van der Waals surface area contributed by atoms with Gasteiger partial charge < -0.3 is 4.74 Å². The van der Waals surface area contributed by atoms with E-state index in [9.17, 15) is 9.59 Å². The number of hydrogen-bond acceptors (Lipinski definition) is 3. The fraction of sp³-hybridized carbons (Fsp3) is 0.810. The molecule has 0 N–H and O–H groups in total. The Kier molecular flexibility index (Phi) is 5.61. The number of esters is 1. The van der Waals surface area contributed by atoms with Crippen LogP contribution in [0.15, 0.2) is 11.6 Å². The first kappa shape index (κ1) is 19.2. The lowest BCUT2D eigenvalue weighted by Gasteiger charge is -2.56. The molecule has 0 unspecified atom stereocenters. The summed E-state index contributed by atoms with van der Waals surface area (Å²) in [5, 5.41) is 0. The molecule has 0 saturated heterocycles. The van der Waals surface area contributed by atoms with Crippen LogP contribution in [-0.2, 0) is 14.3 Å². The van der Waals surface area contributed by atoms with Crippen LogP contribution in [0.3, 0.4) is 0 Å². The summed E-state index contributed by atoms with van der Waals surface area (Å²) in [4.78, 5) is 24.0. The molecule has 0 bridgehead atoms. The summed E-state index contributed by atoms with van der Waals surface area (Å²) in [5.41, 5.74) is 1.27. The number of rotatable bonds is 5. The largest absolute Gasteiger partial charge is 0.466 e. The Bertz CT molecular complexity index is 531. The monoisotopic (exact) mass is 334 g/mol. The maximum Gasteiger partial charge on any atom is 0.333 e. The lowest BCUT2D eigenvalue weighted by atomic mass is 9.48. The second-order valence-corrected chi connectivity index (χ2v) is 8.93. The number of ether oxygens (including phenoxy) is 1. The second kappa shape index (κ2) is 7.01. The van der Waals surface area contributed by atoms with E-state index in [-0.39, 0.29) is 29.0 Å². The number of ketones is 1. The minimum atomic E-state index is -0.182. The van der Waals surface area contributed by atoms with Crippen molar-refractivity contribution in [3.05, 3.63) is 11.6 Å². The molecule has 2 aliphatic rings. The first-order valence-corrected chi connectivity index (χ1v) is 9.42. The highest BCUT2D eigenvalue weighted by molar-refractivity contribution is 5.89. The summed E-state index contributed by atoms with van der Waals surface area (Å²) in [6.07, 6.45) is 8.47.